The molecule has 0 unspecified atom stereocenters. The van der Waals surface area contributed by atoms with Crippen LogP contribution in [0.1, 0.15) is 245 Å². The van der Waals surface area contributed by atoms with Gasteiger partial charge in [0.1, 0.15) is 12.4 Å². The van der Waals surface area contributed by atoms with E-state index < -0.39 is 0 Å². The monoisotopic (exact) mass is 630 g/mol. The fraction of sp³-hybridized carbons (Fsp3) is 0.930. The molecule has 1 aromatic rings. The molecule has 0 bridgehead atoms. The Kier molecular flexibility index (Phi) is 32.4. The summed E-state index contributed by atoms with van der Waals surface area (Å²) < 4.78 is 5.28. The largest absolute Gasteiger partial charge is 0.256 e. The summed E-state index contributed by atoms with van der Waals surface area (Å²) in [6, 6.07) is 0. The van der Waals surface area contributed by atoms with Gasteiger partial charge in [-0.1, -0.05) is 207 Å². The molecule has 1 rings (SSSR count). The lowest BCUT2D eigenvalue weighted by Crippen LogP contribution is -2.37. The molecule has 266 valence electrons. The average Bonchev–Trinajstić information content (AvgIpc) is 3.43. The zero-order valence-electron chi connectivity index (χ0n) is 31.7. The molecule has 0 radical (unpaired) electrons. The molecule has 0 atom stereocenters. The Morgan fingerprint density at radius 1 is 0.378 bits per heavy atom. The fourth-order valence-electron chi connectivity index (χ4n) is 7.21. The zero-order valence-corrected chi connectivity index (χ0v) is 31.7. The molecule has 2 nitrogen and oxygen atoms in total. The van der Waals surface area contributed by atoms with Crippen LogP contribution in [0.2, 0.25) is 0 Å². The maximum absolute atomic E-state index is 2.64. The second kappa shape index (κ2) is 34.5. The van der Waals surface area contributed by atoms with Crippen molar-refractivity contribution in [1.29, 1.82) is 0 Å². The van der Waals surface area contributed by atoms with E-state index >= 15 is 0 Å². The van der Waals surface area contributed by atoms with Crippen molar-refractivity contribution < 1.29 is 4.57 Å². The van der Waals surface area contributed by atoms with E-state index in [1.807, 2.05) is 0 Å². The smallest absolute Gasteiger partial charge is 0.234 e. The molecule has 0 saturated carbocycles. The highest BCUT2D eigenvalue weighted by atomic mass is 15.1. The molecule has 0 spiro atoms. The molecule has 2 heteroatoms. The van der Waals surface area contributed by atoms with Crippen LogP contribution in [0.5, 0.6) is 0 Å². The minimum absolute atomic E-state index is 1.23. The summed E-state index contributed by atoms with van der Waals surface area (Å²) in [6.45, 7) is 9.41. The maximum atomic E-state index is 2.64. The van der Waals surface area contributed by atoms with Crippen LogP contribution in [0.4, 0.5) is 0 Å². The van der Waals surface area contributed by atoms with Crippen LogP contribution in [-0.4, -0.2) is 4.57 Å². The van der Waals surface area contributed by atoms with Crippen molar-refractivity contribution in [1.82, 2.24) is 4.57 Å². The van der Waals surface area contributed by atoms with Crippen LogP contribution < -0.4 is 4.57 Å². The van der Waals surface area contributed by atoms with E-state index in [-0.39, 0.29) is 0 Å². The maximum Gasteiger partial charge on any atom is 0.256 e. The molecule has 0 saturated heterocycles. The number of imidazole rings is 1. The Morgan fingerprint density at radius 3 is 1.07 bits per heavy atom. The highest BCUT2D eigenvalue weighted by Gasteiger charge is 2.16. The quantitative estimate of drug-likeness (QED) is 0.0511. The van der Waals surface area contributed by atoms with Crippen LogP contribution >= 0.6 is 0 Å². The van der Waals surface area contributed by atoms with Gasteiger partial charge in [0, 0.05) is 6.42 Å². The molecule has 45 heavy (non-hydrogen) atoms. The van der Waals surface area contributed by atoms with Crippen LogP contribution in [0.15, 0.2) is 12.4 Å². The van der Waals surface area contributed by atoms with E-state index in [9.17, 15) is 0 Å². The van der Waals surface area contributed by atoms with Gasteiger partial charge in [-0.2, -0.15) is 0 Å². The number of hydrogen-bond donors (Lipinski definition) is 0. The summed E-state index contributed by atoms with van der Waals surface area (Å²) in [4.78, 5) is 0. The van der Waals surface area contributed by atoms with Crippen molar-refractivity contribution in [3.8, 4) is 0 Å². The van der Waals surface area contributed by atoms with Crippen LogP contribution in [0, 0.1) is 0 Å². The molecule has 1 heterocycles. The summed E-state index contributed by atoms with van der Waals surface area (Å²) in [5.74, 6) is 1.62. The summed E-state index contributed by atoms with van der Waals surface area (Å²) >= 11 is 0. The molecular formula is C43H85N2+. The third-order valence-corrected chi connectivity index (χ3v) is 10.3. The first-order valence-corrected chi connectivity index (χ1v) is 21.4. The Hall–Kier alpha value is -0.790. The Bertz CT molecular complexity index is 692. The number of aryl methyl sites for hydroxylation is 2. The van der Waals surface area contributed by atoms with Crippen molar-refractivity contribution in [2.45, 2.75) is 259 Å². The van der Waals surface area contributed by atoms with Gasteiger partial charge in [-0.3, -0.25) is 0 Å². The third-order valence-electron chi connectivity index (χ3n) is 10.3. The van der Waals surface area contributed by atoms with Gasteiger partial charge in [-0.05, 0) is 32.1 Å². The first-order chi connectivity index (χ1) is 22.3. The van der Waals surface area contributed by atoms with Gasteiger partial charge in [-0.25, -0.2) is 9.13 Å². The fourth-order valence-corrected chi connectivity index (χ4v) is 7.21. The van der Waals surface area contributed by atoms with E-state index in [0.717, 1.165) is 0 Å². The van der Waals surface area contributed by atoms with E-state index in [4.69, 9.17) is 0 Å². The molecule has 0 aromatic carbocycles. The van der Waals surface area contributed by atoms with E-state index in [1.165, 1.54) is 238 Å². The van der Waals surface area contributed by atoms with Crippen molar-refractivity contribution in [2.75, 3.05) is 0 Å². The predicted octanol–water partition coefficient (Wildman–Crippen LogP) is 14.6. The molecule has 0 aliphatic heterocycles. The number of aromatic nitrogens is 2. The van der Waals surface area contributed by atoms with Gasteiger partial charge in [0.15, 0.2) is 0 Å². The summed E-state index contributed by atoms with van der Waals surface area (Å²) in [7, 11) is 0. The molecule has 0 aliphatic carbocycles. The van der Waals surface area contributed by atoms with E-state index in [0.29, 0.717) is 0 Å². The normalized spacial score (nSPS) is 11.6. The summed E-state index contributed by atoms with van der Waals surface area (Å²) in [5.41, 5.74) is 0. The number of nitrogens with zero attached hydrogens (tertiary/aromatic N) is 2. The van der Waals surface area contributed by atoms with Crippen molar-refractivity contribution in [2.24, 2.45) is 0 Å². The van der Waals surface area contributed by atoms with Crippen LogP contribution in [0.25, 0.3) is 0 Å². The van der Waals surface area contributed by atoms with E-state index in [1.54, 1.807) is 5.82 Å². The first-order valence-electron chi connectivity index (χ1n) is 21.4. The lowest BCUT2D eigenvalue weighted by Gasteiger charge is -2.07. The van der Waals surface area contributed by atoms with Crippen molar-refractivity contribution in [3.63, 3.8) is 0 Å². The third kappa shape index (κ3) is 26.9. The molecule has 1 aromatic heterocycles. The van der Waals surface area contributed by atoms with Gasteiger partial charge in [0.25, 0.3) is 5.82 Å². The molecule has 0 fully saturated rings. The van der Waals surface area contributed by atoms with E-state index in [2.05, 4.69) is 42.3 Å². The molecule has 0 amide bonds. The predicted molar refractivity (Wildman–Crippen MR) is 202 cm³/mol. The minimum atomic E-state index is 1.23. The summed E-state index contributed by atoms with van der Waals surface area (Å²) in [6.07, 6.45) is 54.9. The van der Waals surface area contributed by atoms with Crippen LogP contribution in [0.3, 0.4) is 0 Å². The molecular weight excluding hydrogens is 544 g/mol. The SMILES string of the molecule is CCCCCCCCCCCCCCCCC[n+]1ccn(CCCCCCCCC)c1CCCCCCCCCCCCCC. The Labute approximate surface area is 285 Å². The van der Waals surface area contributed by atoms with Gasteiger partial charge < -0.3 is 0 Å². The van der Waals surface area contributed by atoms with Crippen molar-refractivity contribution >= 4 is 0 Å². The average molecular weight is 630 g/mol. The highest BCUT2D eigenvalue weighted by molar-refractivity contribution is 4.84. The Balaban J connectivity index is 2.24. The zero-order chi connectivity index (χ0) is 32.3. The number of hydrogen-bond acceptors (Lipinski definition) is 0. The van der Waals surface area contributed by atoms with Crippen LogP contribution in [-0.2, 0) is 19.5 Å². The van der Waals surface area contributed by atoms with Gasteiger partial charge >= 0.3 is 0 Å². The summed E-state index contributed by atoms with van der Waals surface area (Å²) in [5, 5.41) is 0. The lowest BCUT2D eigenvalue weighted by molar-refractivity contribution is -0.704. The second-order valence-corrected chi connectivity index (χ2v) is 14.8. The lowest BCUT2D eigenvalue weighted by atomic mass is 10.0. The minimum Gasteiger partial charge on any atom is -0.234 e. The topological polar surface area (TPSA) is 8.81 Å². The van der Waals surface area contributed by atoms with Gasteiger partial charge in [-0.15, -0.1) is 0 Å². The highest BCUT2D eigenvalue weighted by Crippen LogP contribution is 2.16. The van der Waals surface area contributed by atoms with Gasteiger partial charge in [0.2, 0.25) is 0 Å². The molecule has 0 aliphatic rings. The van der Waals surface area contributed by atoms with Gasteiger partial charge in [0.05, 0.1) is 13.1 Å². The number of unbranched alkanes of at least 4 members (excludes halogenated alkanes) is 31. The van der Waals surface area contributed by atoms with Crippen molar-refractivity contribution in [3.05, 3.63) is 18.2 Å². The standard InChI is InChI=1S/C43H85N2/c1-4-7-10-13-16-18-20-22-23-24-26-28-31-34-37-40-45-42-41-44(39-36-33-30-15-12-9-6-3)43(45)38-35-32-29-27-25-21-19-17-14-11-8-5-2/h41-42H,4-40H2,1-3H3/q+1. The second-order valence-electron chi connectivity index (χ2n) is 14.8. The first kappa shape index (κ1) is 42.2. The number of rotatable bonds is 37. The Morgan fingerprint density at radius 2 is 0.689 bits per heavy atom. The molecule has 0 N–H and O–H groups in total.